The lowest BCUT2D eigenvalue weighted by molar-refractivity contribution is 0.953. The van der Waals surface area contributed by atoms with Crippen LogP contribution >= 0.6 is 0 Å². The van der Waals surface area contributed by atoms with Crippen molar-refractivity contribution < 1.29 is 0 Å². The van der Waals surface area contributed by atoms with Crippen molar-refractivity contribution >= 4 is 43.6 Å². The Morgan fingerprint density at radius 1 is 0.200 bits per heavy atom. The van der Waals surface area contributed by atoms with Gasteiger partial charge in [0.2, 0.25) is 11.9 Å². The summed E-state index contributed by atoms with van der Waals surface area (Å²) < 4.78 is 4.39. The third kappa shape index (κ3) is 8.18. The number of nitrogens with zero attached hydrogens (tertiary/aromatic N) is 8. The zero-order valence-electron chi connectivity index (χ0n) is 43.1. The van der Waals surface area contributed by atoms with Crippen LogP contribution in [-0.4, -0.2) is 39.0 Å². The van der Waals surface area contributed by atoms with E-state index in [1.807, 2.05) is 48.5 Å². The van der Waals surface area contributed by atoms with Gasteiger partial charge in [-0.15, -0.1) is 0 Å². The van der Waals surface area contributed by atoms with E-state index in [1.54, 1.807) is 0 Å². The van der Waals surface area contributed by atoms with Gasteiger partial charge >= 0.3 is 0 Å². The Bertz CT molecular complexity index is 4520. The number of aromatic nitrogens is 8. The highest BCUT2D eigenvalue weighted by Crippen LogP contribution is 2.43. The molecule has 0 spiro atoms. The molecule has 0 saturated heterocycles. The maximum absolute atomic E-state index is 5.32. The van der Waals surface area contributed by atoms with Gasteiger partial charge in [-0.3, -0.25) is 9.13 Å². The second-order valence-electron chi connectivity index (χ2n) is 19.9. The molecule has 0 unspecified atom stereocenters. The Balaban J connectivity index is 0.882. The number of fused-ring (bicyclic) bond motifs is 6. The lowest BCUT2D eigenvalue weighted by atomic mass is 9.94. The number of hydrogen-bond donors (Lipinski definition) is 0. The van der Waals surface area contributed by atoms with Crippen molar-refractivity contribution in [3.8, 4) is 102 Å². The topological polar surface area (TPSA) is 87.2 Å². The highest BCUT2D eigenvalue weighted by atomic mass is 15.2. The van der Waals surface area contributed by atoms with Gasteiger partial charge < -0.3 is 0 Å². The first-order valence-electron chi connectivity index (χ1n) is 26.8. The first-order valence-corrected chi connectivity index (χ1v) is 26.8. The average Bonchev–Trinajstić information content (AvgIpc) is 4.11. The molecule has 0 atom stereocenters. The fourth-order valence-corrected chi connectivity index (χ4v) is 11.4. The number of rotatable bonds is 10. The molecule has 80 heavy (non-hydrogen) atoms. The molecule has 15 aromatic rings. The lowest BCUT2D eigenvalue weighted by Gasteiger charge is -2.12. The van der Waals surface area contributed by atoms with E-state index in [1.165, 1.54) is 0 Å². The van der Waals surface area contributed by atoms with E-state index in [0.29, 0.717) is 35.2 Å². The van der Waals surface area contributed by atoms with E-state index in [9.17, 15) is 0 Å². The van der Waals surface area contributed by atoms with Crippen LogP contribution in [-0.2, 0) is 0 Å². The Hall–Kier alpha value is -11.0. The molecule has 8 nitrogen and oxygen atoms in total. The molecule has 8 heteroatoms. The van der Waals surface area contributed by atoms with Crippen molar-refractivity contribution in [2.75, 3.05) is 0 Å². The van der Waals surface area contributed by atoms with Gasteiger partial charge in [0.15, 0.2) is 23.3 Å². The molecule has 15 rings (SSSR count). The van der Waals surface area contributed by atoms with Crippen LogP contribution in [0.5, 0.6) is 0 Å². The first-order chi connectivity index (χ1) is 39.7. The molecule has 0 aliphatic rings. The third-order valence-corrected chi connectivity index (χ3v) is 15.0. The molecule has 0 N–H and O–H groups in total. The number of benzene rings is 11. The molecule has 11 aromatic carbocycles. The van der Waals surface area contributed by atoms with Gasteiger partial charge in [0.1, 0.15) is 0 Å². The molecule has 0 radical (unpaired) electrons. The second kappa shape index (κ2) is 19.6. The minimum atomic E-state index is 0.543. The summed E-state index contributed by atoms with van der Waals surface area (Å²) >= 11 is 0. The summed E-state index contributed by atoms with van der Waals surface area (Å²) in [5.41, 5.74) is 16.4. The average molecular weight is 1020 g/mol. The van der Waals surface area contributed by atoms with E-state index >= 15 is 0 Å². The van der Waals surface area contributed by atoms with Crippen LogP contribution in [0.15, 0.2) is 279 Å². The third-order valence-electron chi connectivity index (χ3n) is 15.0. The molecule has 0 aliphatic heterocycles. The molecule has 0 aliphatic carbocycles. The normalized spacial score (nSPS) is 11.5. The summed E-state index contributed by atoms with van der Waals surface area (Å²) in [4.78, 5) is 31.5. The van der Waals surface area contributed by atoms with Crippen molar-refractivity contribution in [2.24, 2.45) is 0 Å². The first kappa shape index (κ1) is 46.4. The molecule has 0 amide bonds. The van der Waals surface area contributed by atoms with Gasteiger partial charge in [0.25, 0.3) is 0 Å². The summed E-state index contributed by atoms with van der Waals surface area (Å²) in [7, 11) is 0. The highest BCUT2D eigenvalue weighted by Gasteiger charge is 2.23. The summed E-state index contributed by atoms with van der Waals surface area (Å²) in [6.45, 7) is 0. The van der Waals surface area contributed by atoms with Crippen molar-refractivity contribution in [3.05, 3.63) is 279 Å². The molecule has 4 heterocycles. The fraction of sp³-hybridized carbons (Fsp3) is 0. The highest BCUT2D eigenvalue weighted by molar-refractivity contribution is 6.17. The molecule has 0 saturated carbocycles. The van der Waals surface area contributed by atoms with Crippen LogP contribution in [0.25, 0.3) is 146 Å². The van der Waals surface area contributed by atoms with Gasteiger partial charge in [0, 0.05) is 43.8 Å². The van der Waals surface area contributed by atoms with E-state index in [4.69, 9.17) is 29.9 Å². The summed E-state index contributed by atoms with van der Waals surface area (Å²) in [5, 5.41) is 4.42. The van der Waals surface area contributed by atoms with E-state index in [-0.39, 0.29) is 0 Å². The Morgan fingerprint density at radius 3 is 0.900 bits per heavy atom. The standard InChI is InChI=1S/C72H46N8/c1-5-22-47(23-6-1)51-30-17-34-55(44-51)69-73-67(49-26-9-3-10-27-49)75-71(77-69)79-61-40-15-13-36-59(61)65-57(38-20-42-63(65)79)53-32-19-33-54(46-53)58-39-21-43-64-66(58)60-37-14-16-41-62(60)80(64)72-76-68(50-28-11-4-12-29-50)74-70(78-72)56-35-18-31-52(45-56)48-24-7-2-8-25-48/h1-46H. The van der Waals surface area contributed by atoms with E-state index in [2.05, 4.69) is 240 Å². The second-order valence-corrected chi connectivity index (χ2v) is 19.9. The minimum absolute atomic E-state index is 0.543. The van der Waals surface area contributed by atoms with Gasteiger partial charge in [-0.25, -0.2) is 9.97 Å². The summed E-state index contributed by atoms with van der Waals surface area (Å²) in [5.74, 6) is 3.47. The monoisotopic (exact) mass is 1020 g/mol. The predicted octanol–water partition coefficient (Wildman–Crippen LogP) is 17.6. The van der Waals surface area contributed by atoms with Crippen molar-refractivity contribution in [1.82, 2.24) is 39.0 Å². The smallest absolute Gasteiger partial charge is 0.238 e. The maximum atomic E-state index is 5.32. The van der Waals surface area contributed by atoms with Gasteiger partial charge in [-0.05, 0) is 87.0 Å². The van der Waals surface area contributed by atoms with Crippen LogP contribution in [0.1, 0.15) is 0 Å². The van der Waals surface area contributed by atoms with Gasteiger partial charge in [-0.1, -0.05) is 237 Å². The van der Waals surface area contributed by atoms with Crippen molar-refractivity contribution in [2.45, 2.75) is 0 Å². The van der Waals surface area contributed by atoms with Crippen LogP contribution < -0.4 is 0 Å². The zero-order chi connectivity index (χ0) is 52.9. The molecule has 0 bridgehead atoms. The predicted molar refractivity (Wildman–Crippen MR) is 325 cm³/mol. The summed E-state index contributed by atoms with van der Waals surface area (Å²) in [6, 6.07) is 97.2. The number of hydrogen-bond acceptors (Lipinski definition) is 6. The van der Waals surface area contributed by atoms with Crippen LogP contribution in [0, 0.1) is 0 Å². The Labute approximate surface area is 461 Å². The molecule has 0 fully saturated rings. The largest absolute Gasteiger partial charge is 0.278 e. The lowest BCUT2D eigenvalue weighted by Crippen LogP contribution is -2.06. The Kier molecular flexibility index (Phi) is 11.3. The quantitative estimate of drug-likeness (QED) is 0.136. The van der Waals surface area contributed by atoms with E-state index < -0.39 is 0 Å². The minimum Gasteiger partial charge on any atom is -0.278 e. The zero-order valence-corrected chi connectivity index (χ0v) is 43.1. The van der Waals surface area contributed by atoms with Crippen LogP contribution in [0.4, 0.5) is 0 Å². The molecular weight excluding hydrogens is 977 g/mol. The van der Waals surface area contributed by atoms with Crippen molar-refractivity contribution in [1.29, 1.82) is 0 Å². The van der Waals surface area contributed by atoms with Crippen molar-refractivity contribution in [3.63, 3.8) is 0 Å². The fourth-order valence-electron chi connectivity index (χ4n) is 11.4. The molecular formula is C72H46N8. The SMILES string of the molecule is c1ccc(-c2cccc(-c3nc(-c4ccccc4)nc(-n4c5ccccc5c5c(-c6cccc(-c7cccc8c7c7ccccc7n8-c7nc(-c8ccccc8)nc(-c8cccc(-c9ccccc9)c8)n7)c6)cccc54)n3)c2)cc1. The van der Waals surface area contributed by atoms with Gasteiger partial charge in [-0.2, -0.15) is 19.9 Å². The Morgan fingerprint density at radius 2 is 0.487 bits per heavy atom. The van der Waals surface area contributed by atoms with E-state index in [0.717, 1.165) is 110 Å². The van der Waals surface area contributed by atoms with Crippen LogP contribution in [0.3, 0.4) is 0 Å². The van der Waals surface area contributed by atoms with Gasteiger partial charge in [0.05, 0.1) is 22.1 Å². The number of para-hydroxylation sites is 2. The molecule has 374 valence electrons. The summed E-state index contributed by atoms with van der Waals surface area (Å²) in [6.07, 6.45) is 0. The molecule has 4 aromatic heterocycles. The maximum Gasteiger partial charge on any atom is 0.238 e. The van der Waals surface area contributed by atoms with Crippen LogP contribution in [0.2, 0.25) is 0 Å².